The van der Waals surface area contributed by atoms with Crippen molar-refractivity contribution in [1.29, 1.82) is 0 Å². The van der Waals surface area contributed by atoms with Crippen molar-refractivity contribution in [2.24, 2.45) is 0 Å². The number of hydrogen-bond acceptors (Lipinski definition) is 2. The maximum atomic E-state index is 14.0. The lowest BCUT2D eigenvalue weighted by Crippen LogP contribution is -2.15. The Balaban J connectivity index is 2.43. The van der Waals surface area contributed by atoms with Gasteiger partial charge in [-0.1, -0.05) is 29.3 Å². The lowest BCUT2D eigenvalue weighted by Gasteiger charge is -2.17. The van der Waals surface area contributed by atoms with Crippen LogP contribution in [0.1, 0.15) is 18.5 Å². The molecule has 0 saturated heterocycles. The topological polar surface area (TPSA) is 21.3 Å². The molecule has 2 rings (SSSR count). The fourth-order valence-electron chi connectivity index (χ4n) is 1.84. The van der Waals surface area contributed by atoms with E-state index < -0.39 is 0 Å². The highest BCUT2D eigenvalue weighted by atomic mass is 35.5. The minimum Gasteiger partial charge on any atom is -0.455 e. The summed E-state index contributed by atoms with van der Waals surface area (Å²) in [5, 5.41) is 3.92. The van der Waals surface area contributed by atoms with Gasteiger partial charge in [-0.25, -0.2) is 4.39 Å². The van der Waals surface area contributed by atoms with Gasteiger partial charge in [0.25, 0.3) is 0 Å². The van der Waals surface area contributed by atoms with Crippen molar-refractivity contribution < 1.29 is 9.13 Å². The average Bonchev–Trinajstić information content (AvgIpc) is 2.42. The van der Waals surface area contributed by atoms with Crippen LogP contribution < -0.4 is 10.1 Å². The Bertz CT molecular complexity index is 619. The third kappa shape index (κ3) is 3.23. The van der Waals surface area contributed by atoms with Gasteiger partial charge in [-0.3, -0.25) is 0 Å². The Morgan fingerprint density at radius 1 is 1.15 bits per heavy atom. The zero-order valence-electron chi connectivity index (χ0n) is 11.1. The van der Waals surface area contributed by atoms with Crippen LogP contribution in [0.4, 0.5) is 4.39 Å². The Morgan fingerprint density at radius 3 is 2.60 bits per heavy atom. The number of benzene rings is 2. The summed E-state index contributed by atoms with van der Waals surface area (Å²) in [6.45, 7) is 1.85. The third-order valence-corrected chi connectivity index (χ3v) is 3.54. The van der Waals surface area contributed by atoms with E-state index in [1.807, 2.05) is 6.92 Å². The zero-order valence-corrected chi connectivity index (χ0v) is 12.6. The fourth-order valence-corrected chi connectivity index (χ4v) is 2.16. The molecule has 0 spiro atoms. The second kappa shape index (κ2) is 6.44. The molecule has 2 aromatic rings. The van der Waals surface area contributed by atoms with E-state index in [4.69, 9.17) is 27.9 Å². The van der Waals surface area contributed by atoms with Gasteiger partial charge in [0.1, 0.15) is 17.3 Å². The van der Waals surface area contributed by atoms with E-state index in [-0.39, 0.29) is 11.9 Å². The third-order valence-electron chi connectivity index (χ3n) is 2.99. The first kappa shape index (κ1) is 15.1. The Kier molecular flexibility index (Phi) is 4.86. The largest absolute Gasteiger partial charge is 0.455 e. The Morgan fingerprint density at radius 2 is 1.90 bits per heavy atom. The molecule has 1 unspecified atom stereocenters. The molecule has 0 heterocycles. The number of ether oxygens (including phenoxy) is 1. The summed E-state index contributed by atoms with van der Waals surface area (Å²) in [7, 11) is 1.76. The van der Waals surface area contributed by atoms with Gasteiger partial charge in [0, 0.05) is 22.7 Å². The Labute approximate surface area is 127 Å². The SMILES string of the molecule is CNC(C)c1c(F)cccc1Oc1cc(Cl)ccc1Cl. The summed E-state index contributed by atoms with van der Waals surface area (Å²) in [6, 6.07) is 9.40. The van der Waals surface area contributed by atoms with E-state index in [1.54, 1.807) is 37.4 Å². The van der Waals surface area contributed by atoms with Crippen molar-refractivity contribution in [3.05, 3.63) is 57.8 Å². The van der Waals surface area contributed by atoms with Gasteiger partial charge in [-0.15, -0.1) is 0 Å². The molecule has 0 aliphatic carbocycles. The van der Waals surface area contributed by atoms with Crippen molar-refractivity contribution in [1.82, 2.24) is 5.32 Å². The predicted octanol–water partition coefficient (Wildman–Crippen LogP) is 5.21. The van der Waals surface area contributed by atoms with E-state index >= 15 is 0 Å². The number of halogens is 3. The minimum absolute atomic E-state index is 0.191. The zero-order chi connectivity index (χ0) is 14.7. The average molecular weight is 314 g/mol. The predicted molar refractivity (Wildman–Crippen MR) is 80.4 cm³/mol. The molecular weight excluding hydrogens is 300 g/mol. The second-order valence-corrected chi connectivity index (χ2v) is 5.18. The van der Waals surface area contributed by atoms with Crippen molar-refractivity contribution in [2.45, 2.75) is 13.0 Å². The van der Waals surface area contributed by atoms with Crippen LogP contribution in [-0.2, 0) is 0 Å². The summed E-state index contributed by atoms with van der Waals surface area (Å²) in [6.07, 6.45) is 0. The van der Waals surface area contributed by atoms with Crippen LogP contribution in [0.3, 0.4) is 0 Å². The summed E-state index contributed by atoms with van der Waals surface area (Å²) in [4.78, 5) is 0. The van der Waals surface area contributed by atoms with Crippen molar-refractivity contribution in [2.75, 3.05) is 7.05 Å². The van der Waals surface area contributed by atoms with Gasteiger partial charge < -0.3 is 10.1 Å². The number of hydrogen-bond donors (Lipinski definition) is 1. The molecule has 5 heteroatoms. The van der Waals surface area contributed by atoms with Crippen molar-refractivity contribution in [3.8, 4) is 11.5 Å². The normalized spacial score (nSPS) is 12.2. The lowest BCUT2D eigenvalue weighted by atomic mass is 10.1. The lowest BCUT2D eigenvalue weighted by molar-refractivity contribution is 0.453. The molecule has 1 atom stereocenters. The highest BCUT2D eigenvalue weighted by molar-refractivity contribution is 6.34. The van der Waals surface area contributed by atoms with E-state index in [9.17, 15) is 4.39 Å². The van der Waals surface area contributed by atoms with Gasteiger partial charge in [0.05, 0.1) is 5.02 Å². The van der Waals surface area contributed by atoms with E-state index in [0.717, 1.165) is 0 Å². The van der Waals surface area contributed by atoms with Crippen LogP contribution in [0.5, 0.6) is 11.5 Å². The molecule has 20 heavy (non-hydrogen) atoms. The molecule has 0 aliphatic heterocycles. The van der Waals surface area contributed by atoms with Crippen LogP contribution in [0.15, 0.2) is 36.4 Å². The first-order valence-corrected chi connectivity index (χ1v) is 6.87. The summed E-state index contributed by atoms with van der Waals surface area (Å²) in [5.74, 6) is 0.479. The first-order valence-electron chi connectivity index (χ1n) is 6.11. The maximum absolute atomic E-state index is 14.0. The summed E-state index contributed by atoms with van der Waals surface area (Å²) >= 11 is 12.0. The van der Waals surface area contributed by atoms with Gasteiger partial charge >= 0.3 is 0 Å². The monoisotopic (exact) mass is 313 g/mol. The molecule has 0 saturated carbocycles. The standard InChI is InChI=1S/C15H14Cl2FNO/c1-9(19-2)15-12(18)4-3-5-13(15)20-14-8-10(16)6-7-11(14)17/h3-9,19H,1-2H3. The quantitative estimate of drug-likeness (QED) is 0.837. The van der Waals surface area contributed by atoms with Crippen LogP contribution in [0.25, 0.3) is 0 Å². The van der Waals surface area contributed by atoms with Crippen LogP contribution in [0.2, 0.25) is 10.0 Å². The summed E-state index contributed by atoms with van der Waals surface area (Å²) in [5.41, 5.74) is 0.450. The molecular formula is C15H14Cl2FNO. The molecule has 0 aliphatic rings. The van der Waals surface area contributed by atoms with Gasteiger partial charge in [0.15, 0.2) is 0 Å². The van der Waals surface area contributed by atoms with E-state index in [1.165, 1.54) is 6.07 Å². The van der Waals surface area contributed by atoms with Crippen LogP contribution in [-0.4, -0.2) is 7.05 Å². The van der Waals surface area contributed by atoms with E-state index in [2.05, 4.69) is 5.32 Å². The van der Waals surface area contributed by atoms with Crippen LogP contribution >= 0.6 is 23.2 Å². The number of rotatable bonds is 4. The minimum atomic E-state index is -0.331. The molecule has 2 aromatic carbocycles. The van der Waals surface area contributed by atoms with E-state index in [0.29, 0.717) is 27.1 Å². The first-order chi connectivity index (χ1) is 9.52. The smallest absolute Gasteiger partial charge is 0.147 e. The summed E-state index contributed by atoms with van der Waals surface area (Å²) < 4.78 is 19.7. The van der Waals surface area contributed by atoms with Crippen molar-refractivity contribution in [3.63, 3.8) is 0 Å². The molecule has 0 radical (unpaired) electrons. The molecule has 1 N–H and O–H groups in total. The van der Waals surface area contributed by atoms with Gasteiger partial charge in [-0.05, 0) is 38.2 Å². The molecule has 0 fully saturated rings. The van der Waals surface area contributed by atoms with Gasteiger partial charge in [-0.2, -0.15) is 0 Å². The molecule has 2 nitrogen and oxygen atoms in total. The maximum Gasteiger partial charge on any atom is 0.147 e. The molecule has 0 bridgehead atoms. The van der Waals surface area contributed by atoms with Crippen LogP contribution in [0, 0.1) is 5.82 Å². The van der Waals surface area contributed by atoms with Gasteiger partial charge in [0.2, 0.25) is 0 Å². The molecule has 0 aromatic heterocycles. The second-order valence-electron chi connectivity index (χ2n) is 4.34. The highest BCUT2D eigenvalue weighted by Gasteiger charge is 2.16. The number of nitrogens with one attached hydrogen (secondary N) is 1. The molecule has 106 valence electrons. The highest BCUT2D eigenvalue weighted by Crippen LogP contribution is 2.36. The Hall–Kier alpha value is -1.29. The van der Waals surface area contributed by atoms with Crippen molar-refractivity contribution >= 4 is 23.2 Å². The fraction of sp³-hybridized carbons (Fsp3) is 0.200. The molecule has 0 amide bonds.